The predicted octanol–water partition coefficient (Wildman–Crippen LogP) is 3.15. The van der Waals surface area contributed by atoms with Crippen LogP contribution in [0, 0.1) is 5.82 Å². The van der Waals surface area contributed by atoms with Gasteiger partial charge in [0, 0.05) is 11.3 Å². The summed E-state index contributed by atoms with van der Waals surface area (Å²) in [4.78, 5) is 12.1. The summed E-state index contributed by atoms with van der Waals surface area (Å²) in [6.45, 7) is 0.00914. The zero-order valence-corrected chi connectivity index (χ0v) is 14.3. The minimum atomic E-state index is -3.79. The van der Waals surface area contributed by atoms with E-state index in [1.54, 1.807) is 18.2 Å². The second-order valence-electron chi connectivity index (χ2n) is 5.40. The summed E-state index contributed by atoms with van der Waals surface area (Å²) < 4.78 is 45.4. The molecule has 0 aliphatic heterocycles. The molecular formula is C18H15FN2O4S. The molecular weight excluding hydrogens is 359 g/mol. The Balaban J connectivity index is 1.74. The van der Waals surface area contributed by atoms with Gasteiger partial charge in [0.2, 0.25) is 10.0 Å². The van der Waals surface area contributed by atoms with Crippen molar-refractivity contribution in [2.24, 2.45) is 0 Å². The van der Waals surface area contributed by atoms with Crippen LogP contribution < -0.4 is 10.0 Å². The Morgan fingerprint density at radius 2 is 1.85 bits per heavy atom. The number of hydrogen-bond acceptors (Lipinski definition) is 4. The fraction of sp³-hybridized carbons (Fsp3) is 0.0556. The van der Waals surface area contributed by atoms with Crippen LogP contribution in [0.1, 0.15) is 16.1 Å². The molecule has 2 N–H and O–H groups in total. The molecule has 0 radical (unpaired) electrons. The van der Waals surface area contributed by atoms with E-state index in [-0.39, 0.29) is 22.7 Å². The summed E-state index contributed by atoms with van der Waals surface area (Å²) in [5.74, 6) is -0.595. The lowest BCUT2D eigenvalue weighted by Crippen LogP contribution is -2.23. The Hall–Kier alpha value is -2.97. The average Bonchev–Trinajstić information content (AvgIpc) is 3.14. The number of rotatable bonds is 6. The maximum absolute atomic E-state index is 13.2. The van der Waals surface area contributed by atoms with Gasteiger partial charge in [0.15, 0.2) is 0 Å². The molecule has 0 atom stereocenters. The number of hydrogen-bond donors (Lipinski definition) is 2. The normalized spacial score (nSPS) is 11.3. The largest absolute Gasteiger partial charge is 0.468 e. The van der Waals surface area contributed by atoms with Crippen LogP contribution in [0.2, 0.25) is 0 Å². The Labute approximate surface area is 149 Å². The first kappa shape index (κ1) is 17.8. The first-order valence-electron chi connectivity index (χ1n) is 7.63. The van der Waals surface area contributed by atoms with Crippen molar-refractivity contribution >= 4 is 21.6 Å². The maximum atomic E-state index is 13.2. The molecule has 2 aromatic carbocycles. The molecule has 1 aromatic heterocycles. The molecule has 6 nitrogen and oxygen atoms in total. The van der Waals surface area contributed by atoms with E-state index >= 15 is 0 Å². The predicted molar refractivity (Wildman–Crippen MR) is 93.5 cm³/mol. The zero-order chi connectivity index (χ0) is 18.6. The summed E-state index contributed by atoms with van der Waals surface area (Å²) in [6.07, 6.45) is 1.45. The van der Waals surface area contributed by atoms with Gasteiger partial charge >= 0.3 is 0 Å². The third-order valence-electron chi connectivity index (χ3n) is 3.51. The molecule has 1 amide bonds. The second kappa shape index (κ2) is 7.51. The number of sulfonamides is 1. The molecule has 0 saturated heterocycles. The van der Waals surface area contributed by atoms with Crippen LogP contribution in [0.3, 0.4) is 0 Å². The summed E-state index contributed by atoms with van der Waals surface area (Å²) in [5.41, 5.74) is 0.411. The minimum Gasteiger partial charge on any atom is -0.468 e. The SMILES string of the molecule is O=C(Nc1cccc(S(=O)(=O)NCc2ccco2)c1)c1cccc(F)c1. The third-order valence-corrected chi connectivity index (χ3v) is 4.90. The van der Waals surface area contributed by atoms with E-state index in [9.17, 15) is 17.6 Å². The van der Waals surface area contributed by atoms with E-state index in [1.807, 2.05) is 0 Å². The molecule has 3 aromatic rings. The first-order valence-corrected chi connectivity index (χ1v) is 9.11. The smallest absolute Gasteiger partial charge is 0.255 e. The first-order chi connectivity index (χ1) is 12.4. The van der Waals surface area contributed by atoms with Gasteiger partial charge in [-0.3, -0.25) is 4.79 Å². The van der Waals surface area contributed by atoms with Crippen molar-refractivity contribution in [3.8, 4) is 0 Å². The standard InChI is InChI=1S/C18H15FN2O4S/c19-14-5-1-4-13(10-14)18(22)21-15-6-2-8-17(11-15)26(23,24)20-12-16-7-3-9-25-16/h1-11,20H,12H2,(H,21,22). The van der Waals surface area contributed by atoms with Gasteiger partial charge in [-0.2, -0.15) is 0 Å². The molecule has 3 rings (SSSR count). The lowest BCUT2D eigenvalue weighted by Gasteiger charge is -2.09. The van der Waals surface area contributed by atoms with Gasteiger partial charge < -0.3 is 9.73 Å². The number of benzene rings is 2. The fourth-order valence-electron chi connectivity index (χ4n) is 2.24. The van der Waals surface area contributed by atoms with Crippen LogP contribution in [0.25, 0.3) is 0 Å². The van der Waals surface area contributed by atoms with Crippen molar-refractivity contribution in [2.75, 3.05) is 5.32 Å². The summed E-state index contributed by atoms with van der Waals surface area (Å²) >= 11 is 0. The average molecular weight is 374 g/mol. The van der Waals surface area contributed by atoms with Gasteiger partial charge in [0.05, 0.1) is 17.7 Å². The quantitative estimate of drug-likeness (QED) is 0.694. The topological polar surface area (TPSA) is 88.4 Å². The lowest BCUT2D eigenvalue weighted by molar-refractivity contribution is 0.102. The molecule has 0 spiro atoms. The number of carbonyl (C=O) groups is 1. The number of amides is 1. The Morgan fingerprint density at radius 3 is 2.58 bits per heavy atom. The molecule has 0 aliphatic rings. The molecule has 8 heteroatoms. The molecule has 26 heavy (non-hydrogen) atoms. The molecule has 0 fully saturated rings. The maximum Gasteiger partial charge on any atom is 0.255 e. The fourth-order valence-corrected chi connectivity index (χ4v) is 3.28. The molecule has 0 bridgehead atoms. The van der Waals surface area contributed by atoms with Gasteiger partial charge in [0.25, 0.3) is 5.91 Å². The minimum absolute atomic E-state index is 0.00914. The number of halogens is 1. The van der Waals surface area contributed by atoms with E-state index < -0.39 is 21.7 Å². The molecule has 1 heterocycles. The van der Waals surface area contributed by atoms with Crippen LogP contribution in [0.15, 0.2) is 76.2 Å². The Kier molecular flexibility index (Phi) is 5.15. The summed E-state index contributed by atoms with van der Waals surface area (Å²) in [5, 5.41) is 2.55. The highest BCUT2D eigenvalue weighted by Crippen LogP contribution is 2.17. The van der Waals surface area contributed by atoms with E-state index in [2.05, 4.69) is 10.0 Å². The Morgan fingerprint density at radius 1 is 1.04 bits per heavy atom. The van der Waals surface area contributed by atoms with Crippen molar-refractivity contribution in [3.05, 3.63) is 84.1 Å². The van der Waals surface area contributed by atoms with Gasteiger partial charge in [-0.15, -0.1) is 0 Å². The number of carbonyl (C=O) groups excluding carboxylic acids is 1. The summed E-state index contributed by atoms with van der Waals surface area (Å²) in [6, 6.07) is 14.3. The zero-order valence-electron chi connectivity index (χ0n) is 13.5. The van der Waals surface area contributed by atoms with Crippen LogP contribution in [0.5, 0.6) is 0 Å². The van der Waals surface area contributed by atoms with E-state index in [0.29, 0.717) is 5.76 Å². The molecule has 134 valence electrons. The lowest BCUT2D eigenvalue weighted by atomic mass is 10.2. The van der Waals surface area contributed by atoms with Crippen molar-refractivity contribution in [2.45, 2.75) is 11.4 Å². The summed E-state index contributed by atoms with van der Waals surface area (Å²) in [7, 11) is -3.79. The van der Waals surface area contributed by atoms with Crippen LogP contribution in [0.4, 0.5) is 10.1 Å². The van der Waals surface area contributed by atoms with Crippen LogP contribution in [-0.4, -0.2) is 14.3 Å². The van der Waals surface area contributed by atoms with Crippen LogP contribution >= 0.6 is 0 Å². The van der Waals surface area contributed by atoms with Gasteiger partial charge in [-0.25, -0.2) is 17.5 Å². The van der Waals surface area contributed by atoms with Crippen molar-refractivity contribution < 1.29 is 22.0 Å². The Bertz CT molecular complexity index is 1020. The van der Waals surface area contributed by atoms with E-state index in [4.69, 9.17) is 4.42 Å². The number of furan rings is 1. The molecule has 0 aliphatic carbocycles. The highest BCUT2D eigenvalue weighted by molar-refractivity contribution is 7.89. The highest BCUT2D eigenvalue weighted by Gasteiger charge is 2.16. The van der Waals surface area contributed by atoms with Crippen molar-refractivity contribution in [1.29, 1.82) is 0 Å². The number of nitrogens with one attached hydrogen (secondary N) is 2. The van der Waals surface area contributed by atoms with Gasteiger partial charge in [0.1, 0.15) is 11.6 Å². The van der Waals surface area contributed by atoms with Crippen LogP contribution in [-0.2, 0) is 16.6 Å². The molecule has 0 saturated carbocycles. The third kappa shape index (κ3) is 4.35. The van der Waals surface area contributed by atoms with Crippen molar-refractivity contribution in [1.82, 2.24) is 4.72 Å². The second-order valence-corrected chi connectivity index (χ2v) is 7.16. The monoisotopic (exact) mass is 374 g/mol. The molecule has 0 unspecified atom stereocenters. The van der Waals surface area contributed by atoms with Gasteiger partial charge in [-0.1, -0.05) is 12.1 Å². The highest BCUT2D eigenvalue weighted by atomic mass is 32.2. The van der Waals surface area contributed by atoms with Crippen molar-refractivity contribution in [3.63, 3.8) is 0 Å². The number of anilines is 1. The van der Waals surface area contributed by atoms with E-state index in [0.717, 1.165) is 6.07 Å². The van der Waals surface area contributed by atoms with Gasteiger partial charge in [-0.05, 0) is 48.5 Å². The van der Waals surface area contributed by atoms with E-state index in [1.165, 1.54) is 42.7 Å².